The molecule has 0 unspecified atom stereocenters. The van der Waals surface area contributed by atoms with E-state index in [1.165, 1.54) is 0 Å². The van der Waals surface area contributed by atoms with Crippen LogP contribution >= 0.6 is 11.6 Å². The molecule has 0 saturated carbocycles. The summed E-state index contributed by atoms with van der Waals surface area (Å²) in [4.78, 5) is 24.9. The molecule has 1 aromatic carbocycles. The molecule has 0 bridgehead atoms. The van der Waals surface area contributed by atoms with Crippen molar-refractivity contribution in [2.75, 3.05) is 32.1 Å². The van der Waals surface area contributed by atoms with Gasteiger partial charge < -0.3 is 10.1 Å². The minimum Gasteiger partial charge on any atom is -0.465 e. The Hall–Kier alpha value is -1.59. The molecule has 0 aromatic heterocycles. The van der Waals surface area contributed by atoms with Crippen molar-refractivity contribution >= 4 is 29.2 Å². The van der Waals surface area contributed by atoms with E-state index >= 15 is 0 Å². The van der Waals surface area contributed by atoms with E-state index in [2.05, 4.69) is 5.32 Å². The molecule has 0 heterocycles. The number of nitrogens with one attached hydrogen (secondary N) is 1. The van der Waals surface area contributed by atoms with Gasteiger partial charge in [0.15, 0.2) is 0 Å². The maximum atomic E-state index is 11.8. The van der Waals surface area contributed by atoms with Crippen molar-refractivity contribution in [2.45, 2.75) is 19.8 Å². The molecule has 0 saturated heterocycles. The summed E-state index contributed by atoms with van der Waals surface area (Å²) in [5.74, 6) is -0.525. The number of ether oxygens (including phenoxy) is 1. The molecule has 0 spiro atoms. The Kier molecular flexibility index (Phi) is 7.79. The standard InChI is InChI=1S/C15H21ClN2O3/c1-3-4-8-21-15(20)11-18(2)10-14(19)17-13-7-5-6-12(16)9-13/h5-7,9H,3-4,8,10-11H2,1-2H3,(H,17,19). The van der Waals surface area contributed by atoms with Crippen LogP contribution in [0.1, 0.15) is 19.8 Å². The number of anilines is 1. The fourth-order valence-corrected chi connectivity index (χ4v) is 1.85. The number of likely N-dealkylation sites (N-methyl/N-ethyl adjacent to an activating group) is 1. The number of carbonyl (C=O) groups excluding carboxylic acids is 2. The topological polar surface area (TPSA) is 58.6 Å². The Morgan fingerprint density at radius 2 is 2.10 bits per heavy atom. The second-order valence-corrected chi connectivity index (χ2v) is 5.24. The van der Waals surface area contributed by atoms with Crippen LogP contribution in [-0.4, -0.2) is 43.5 Å². The van der Waals surface area contributed by atoms with E-state index in [1.807, 2.05) is 6.92 Å². The SMILES string of the molecule is CCCCOC(=O)CN(C)CC(=O)Nc1cccc(Cl)c1. The van der Waals surface area contributed by atoms with E-state index in [9.17, 15) is 9.59 Å². The van der Waals surface area contributed by atoms with E-state index < -0.39 is 0 Å². The molecular formula is C15H21ClN2O3. The fourth-order valence-electron chi connectivity index (χ4n) is 1.66. The molecule has 1 amide bonds. The number of nitrogens with zero attached hydrogens (tertiary/aromatic N) is 1. The number of carbonyl (C=O) groups is 2. The van der Waals surface area contributed by atoms with Gasteiger partial charge in [0.2, 0.25) is 5.91 Å². The summed E-state index contributed by atoms with van der Waals surface area (Å²) in [5, 5.41) is 3.28. The quantitative estimate of drug-likeness (QED) is 0.592. The van der Waals surface area contributed by atoms with Gasteiger partial charge >= 0.3 is 5.97 Å². The Labute approximate surface area is 130 Å². The Balaban J connectivity index is 2.32. The average molecular weight is 313 g/mol. The average Bonchev–Trinajstić information content (AvgIpc) is 2.38. The van der Waals surface area contributed by atoms with E-state index in [1.54, 1.807) is 36.2 Å². The minimum atomic E-state index is -0.318. The van der Waals surface area contributed by atoms with Crippen LogP contribution in [0.15, 0.2) is 24.3 Å². The van der Waals surface area contributed by atoms with Crippen molar-refractivity contribution in [1.82, 2.24) is 4.90 Å². The highest BCUT2D eigenvalue weighted by Gasteiger charge is 2.11. The van der Waals surface area contributed by atoms with Gasteiger partial charge in [0.1, 0.15) is 0 Å². The minimum absolute atomic E-state index is 0.0900. The van der Waals surface area contributed by atoms with Crippen LogP contribution in [0.25, 0.3) is 0 Å². The van der Waals surface area contributed by atoms with Crippen molar-refractivity contribution in [3.63, 3.8) is 0 Å². The molecule has 1 aromatic rings. The monoisotopic (exact) mass is 312 g/mol. The van der Waals surface area contributed by atoms with Crippen LogP contribution in [0, 0.1) is 0 Å². The van der Waals surface area contributed by atoms with Gasteiger partial charge in [-0.3, -0.25) is 14.5 Å². The number of unbranched alkanes of at least 4 members (excludes halogenated alkanes) is 1. The lowest BCUT2D eigenvalue weighted by molar-refractivity contribution is -0.144. The van der Waals surface area contributed by atoms with Crippen LogP contribution < -0.4 is 5.32 Å². The first-order chi connectivity index (χ1) is 10.0. The molecular weight excluding hydrogens is 292 g/mol. The smallest absolute Gasteiger partial charge is 0.320 e. The Bertz CT molecular complexity index is 480. The predicted octanol–water partition coefficient (Wildman–Crippen LogP) is 2.55. The maximum Gasteiger partial charge on any atom is 0.320 e. The lowest BCUT2D eigenvalue weighted by atomic mass is 10.3. The van der Waals surface area contributed by atoms with Crippen LogP contribution in [0.2, 0.25) is 5.02 Å². The molecule has 1 rings (SSSR count). The van der Waals surface area contributed by atoms with Crippen LogP contribution in [0.4, 0.5) is 5.69 Å². The summed E-state index contributed by atoms with van der Waals surface area (Å²) in [7, 11) is 1.69. The van der Waals surface area contributed by atoms with Gasteiger partial charge in [0.05, 0.1) is 19.7 Å². The predicted molar refractivity (Wildman–Crippen MR) is 83.4 cm³/mol. The molecule has 21 heavy (non-hydrogen) atoms. The van der Waals surface area contributed by atoms with Gasteiger partial charge in [-0.15, -0.1) is 0 Å². The first-order valence-electron chi connectivity index (χ1n) is 6.91. The summed E-state index contributed by atoms with van der Waals surface area (Å²) in [6.07, 6.45) is 1.83. The summed E-state index contributed by atoms with van der Waals surface area (Å²) in [6.45, 7) is 2.65. The number of esters is 1. The summed E-state index contributed by atoms with van der Waals surface area (Å²) in [5.41, 5.74) is 0.631. The maximum absolute atomic E-state index is 11.8. The molecule has 0 aliphatic carbocycles. The molecule has 0 aliphatic rings. The Morgan fingerprint density at radius 1 is 1.33 bits per heavy atom. The number of benzene rings is 1. The second kappa shape index (κ2) is 9.37. The molecule has 0 atom stereocenters. The third kappa shape index (κ3) is 7.68. The number of halogens is 1. The van der Waals surface area contributed by atoms with Gasteiger partial charge in [-0.05, 0) is 31.7 Å². The molecule has 5 nitrogen and oxygen atoms in total. The van der Waals surface area contributed by atoms with E-state index in [0.29, 0.717) is 17.3 Å². The fraction of sp³-hybridized carbons (Fsp3) is 0.467. The van der Waals surface area contributed by atoms with E-state index in [0.717, 1.165) is 12.8 Å². The lowest BCUT2D eigenvalue weighted by Crippen LogP contribution is -2.34. The number of hydrogen-bond donors (Lipinski definition) is 1. The molecule has 0 fully saturated rings. The van der Waals surface area contributed by atoms with E-state index in [-0.39, 0.29) is 25.0 Å². The third-order valence-electron chi connectivity index (χ3n) is 2.68. The summed E-state index contributed by atoms with van der Waals surface area (Å²) < 4.78 is 5.04. The molecule has 0 aliphatic heterocycles. The first-order valence-corrected chi connectivity index (χ1v) is 7.28. The zero-order valence-corrected chi connectivity index (χ0v) is 13.2. The number of amides is 1. The highest BCUT2D eigenvalue weighted by molar-refractivity contribution is 6.30. The van der Waals surface area contributed by atoms with Gasteiger partial charge in [-0.1, -0.05) is 31.0 Å². The van der Waals surface area contributed by atoms with Gasteiger partial charge in [0, 0.05) is 10.7 Å². The largest absolute Gasteiger partial charge is 0.465 e. The summed E-state index contributed by atoms with van der Waals surface area (Å²) >= 11 is 5.84. The highest BCUT2D eigenvalue weighted by atomic mass is 35.5. The van der Waals surface area contributed by atoms with Crippen LogP contribution in [0.5, 0.6) is 0 Å². The molecule has 6 heteroatoms. The van der Waals surface area contributed by atoms with Crippen molar-refractivity contribution in [3.8, 4) is 0 Å². The lowest BCUT2D eigenvalue weighted by Gasteiger charge is -2.15. The zero-order valence-electron chi connectivity index (χ0n) is 12.4. The normalized spacial score (nSPS) is 10.5. The van der Waals surface area contributed by atoms with E-state index in [4.69, 9.17) is 16.3 Å². The highest BCUT2D eigenvalue weighted by Crippen LogP contribution is 2.14. The number of rotatable bonds is 8. The van der Waals surface area contributed by atoms with Crippen molar-refractivity contribution < 1.29 is 14.3 Å². The third-order valence-corrected chi connectivity index (χ3v) is 2.92. The van der Waals surface area contributed by atoms with Crippen LogP contribution in [-0.2, 0) is 14.3 Å². The Morgan fingerprint density at radius 3 is 2.76 bits per heavy atom. The molecule has 116 valence electrons. The second-order valence-electron chi connectivity index (χ2n) is 4.80. The van der Waals surface area contributed by atoms with Gasteiger partial charge in [-0.25, -0.2) is 0 Å². The van der Waals surface area contributed by atoms with Crippen molar-refractivity contribution in [3.05, 3.63) is 29.3 Å². The van der Waals surface area contributed by atoms with Crippen LogP contribution in [0.3, 0.4) is 0 Å². The van der Waals surface area contributed by atoms with Gasteiger partial charge in [-0.2, -0.15) is 0 Å². The first kappa shape index (κ1) is 17.5. The van der Waals surface area contributed by atoms with Crippen molar-refractivity contribution in [2.24, 2.45) is 0 Å². The zero-order chi connectivity index (χ0) is 15.7. The van der Waals surface area contributed by atoms with Crippen molar-refractivity contribution in [1.29, 1.82) is 0 Å². The summed E-state index contributed by atoms with van der Waals surface area (Å²) in [6, 6.07) is 6.91. The van der Waals surface area contributed by atoms with Gasteiger partial charge in [0.25, 0.3) is 0 Å². The molecule has 1 N–H and O–H groups in total. The molecule has 0 radical (unpaired) electrons. The number of hydrogen-bond acceptors (Lipinski definition) is 4.